The van der Waals surface area contributed by atoms with E-state index < -0.39 is 52.9 Å². The minimum Gasteiger partial charge on any atom is -0.459 e. The molecule has 3 rings (SSSR count). The molecule has 3 aromatic rings. The average Bonchev–Trinajstić information content (AvgIpc) is 2.93. The minimum atomic E-state index is -4.20. The van der Waals surface area contributed by atoms with Crippen LogP contribution in [0, 0.1) is 5.41 Å². The molecule has 0 amide bonds. The molecule has 198 valence electrons. The van der Waals surface area contributed by atoms with Gasteiger partial charge in [0.2, 0.25) is 0 Å². The van der Waals surface area contributed by atoms with Crippen LogP contribution < -0.4 is 0 Å². The van der Waals surface area contributed by atoms with Crippen molar-refractivity contribution in [2.45, 2.75) is 18.3 Å². The first-order chi connectivity index (χ1) is 18.2. The lowest BCUT2D eigenvalue weighted by Gasteiger charge is -2.30. The number of benzene rings is 3. The van der Waals surface area contributed by atoms with Crippen LogP contribution in [0.4, 0.5) is 0 Å². The number of nitrogens with one attached hydrogen (secondary N) is 1. The van der Waals surface area contributed by atoms with Crippen LogP contribution >= 0.6 is 0 Å². The Kier molecular flexibility index (Phi) is 9.85. The maximum Gasteiger partial charge on any atom is 0.338 e. The van der Waals surface area contributed by atoms with Gasteiger partial charge in [-0.05, 0) is 36.4 Å². The average molecular weight is 540 g/mol. The second kappa shape index (κ2) is 13.3. The highest BCUT2D eigenvalue weighted by atomic mass is 32.2. The van der Waals surface area contributed by atoms with Crippen LogP contribution in [0.2, 0.25) is 0 Å². The Morgan fingerprint density at radius 2 is 1.16 bits per heavy atom. The van der Waals surface area contributed by atoms with Crippen LogP contribution in [0.15, 0.2) is 91.0 Å². The van der Waals surface area contributed by atoms with Crippen LogP contribution in [-0.2, 0) is 28.5 Å². The molecule has 0 spiro atoms. The first kappa shape index (κ1) is 28.2. The fourth-order valence-electron chi connectivity index (χ4n) is 3.30. The van der Waals surface area contributed by atoms with E-state index in [0.29, 0.717) is 6.21 Å². The molecular formula is C27H25NO9S. The maximum absolute atomic E-state index is 12.9. The fraction of sp³-hybridized carbons (Fsp3) is 0.185. The Morgan fingerprint density at radius 3 is 1.58 bits per heavy atom. The molecule has 3 aromatic carbocycles. The van der Waals surface area contributed by atoms with E-state index in [-0.39, 0.29) is 16.7 Å². The Hall–Kier alpha value is -4.35. The summed E-state index contributed by atoms with van der Waals surface area (Å²) >= 11 is 0. The quantitative estimate of drug-likeness (QED) is 0.158. The first-order valence-corrected chi connectivity index (χ1v) is 13.1. The molecule has 0 bridgehead atoms. The van der Waals surface area contributed by atoms with Crippen LogP contribution in [0.25, 0.3) is 0 Å². The molecular weight excluding hydrogens is 514 g/mol. The van der Waals surface area contributed by atoms with Crippen LogP contribution in [0.5, 0.6) is 0 Å². The second-order valence-corrected chi connectivity index (χ2v) is 9.54. The van der Waals surface area contributed by atoms with E-state index in [9.17, 15) is 22.8 Å². The van der Waals surface area contributed by atoms with Crippen LogP contribution in [0.1, 0.15) is 31.1 Å². The third-order valence-electron chi connectivity index (χ3n) is 5.05. The topological polar surface area (TPSA) is 146 Å². The van der Waals surface area contributed by atoms with Crippen LogP contribution in [0.3, 0.4) is 0 Å². The number of carbonyl (C=O) groups excluding carboxylic acids is 3. The summed E-state index contributed by atoms with van der Waals surface area (Å²) in [5.41, 5.74) is 0.432. The van der Waals surface area contributed by atoms with Crippen molar-refractivity contribution in [2.75, 3.05) is 12.9 Å². The summed E-state index contributed by atoms with van der Waals surface area (Å²) in [7, 11) is -4.20. The second-order valence-electron chi connectivity index (χ2n) is 7.94. The third-order valence-corrected chi connectivity index (χ3v) is 5.64. The molecule has 11 heteroatoms. The summed E-state index contributed by atoms with van der Waals surface area (Å²) in [5.74, 6) is -2.57. The molecule has 0 radical (unpaired) electrons. The number of carbonyl (C=O) groups is 3. The Labute approximate surface area is 219 Å². The van der Waals surface area contributed by atoms with E-state index in [0.717, 1.165) is 6.26 Å². The molecule has 0 saturated heterocycles. The Bertz CT molecular complexity index is 1350. The van der Waals surface area contributed by atoms with Gasteiger partial charge < -0.3 is 19.6 Å². The van der Waals surface area contributed by atoms with E-state index in [1.165, 1.54) is 36.4 Å². The van der Waals surface area contributed by atoms with Gasteiger partial charge in [-0.2, -0.15) is 8.42 Å². The fourth-order valence-corrected chi connectivity index (χ4v) is 3.91. The molecule has 0 unspecified atom stereocenters. The van der Waals surface area contributed by atoms with Gasteiger partial charge in [-0.25, -0.2) is 14.4 Å². The largest absolute Gasteiger partial charge is 0.459 e. The zero-order chi connectivity index (χ0) is 27.5. The highest BCUT2D eigenvalue weighted by Gasteiger charge is 2.39. The number of rotatable bonds is 12. The van der Waals surface area contributed by atoms with Crippen molar-refractivity contribution in [1.82, 2.24) is 0 Å². The molecule has 0 aromatic heterocycles. The predicted octanol–water partition coefficient (Wildman–Crippen LogP) is 3.29. The van der Waals surface area contributed by atoms with Crippen molar-refractivity contribution in [3.05, 3.63) is 108 Å². The maximum atomic E-state index is 12.9. The molecule has 10 nitrogen and oxygen atoms in total. The van der Waals surface area contributed by atoms with Gasteiger partial charge in [0.05, 0.1) is 22.9 Å². The lowest BCUT2D eigenvalue weighted by molar-refractivity contribution is -0.0679. The van der Waals surface area contributed by atoms with Crippen molar-refractivity contribution < 1.29 is 41.2 Å². The van der Waals surface area contributed by atoms with Crippen LogP contribution in [-0.4, -0.2) is 63.7 Å². The van der Waals surface area contributed by atoms with Gasteiger partial charge in [0.15, 0.2) is 18.3 Å². The van der Waals surface area contributed by atoms with E-state index in [2.05, 4.69) is 0 Å². The summed E-state index contributed by atoms with van der Waals surface area (Å²) in [4.78, 5) is 38.2. The van der Waals surface area contributed by atoms with Gasteiger partial charge in [0.1, 0.15) is 6.61 Å². The normalized spacial score (nSPS) is 13.4. The molecule has 1 N–H and O–H groups in total. The summed E-state index contributed by atoms with van der Waals surface area (Å²) < 4.78 is 45.5. The molecule has 0 aliphatic heterocycles. The van der Waals surface area contributed by atoms with Gasteiger partial charge in [0.25, 0.3) is 10.1 Å². The molecule has 3 atom stereocenters. The molecule has 0 aliphatic rings. The number of hydrogen-bond donors (Lipinski definition) is 1. The Balaban J connectivity index is 1.93. The zero-order valence-electron chi connectivity index (χ0n) is 20.3. The van der Waals surface area contributed by atoms with Crippen molar-refractivity contribution in [2.24, 2.45) is 0 Å². The van der Waals surface area contributed by atoms with E-state index in [1.807, 2.05) is 0 Å². The summed E-state index contributed by atoms with van der Waals surface area (Å²) in [5, 5.41) is 7.86. The molecule has 0 heterocycles. The van der Waals surface area contributed by atoms with Gasteiger partial charge in [-0.3, -0.25) is 4.18 Å². The third kappa shape index (κ3) is 8.36. The lowest BCUT2D eigenvalue weighted by Crippen LogP contribution is -2.48. The van der Waals surface area contributed by atoms with Crippen molar-refractivity contribution in [1.29, 1.82) is 5.41 Å². The van der Waals surface area contributed by atoms with Crippen molar-refractivity contribution in [3.8, 4) is 0 Å². The summed E-state index contributed by atoms with van der Waals surface area (Å²) in [6, 6.07) is 23.5. The smallest absolute Gasteiger partial charge is 0.338 e. The zero-order valence-corrected chi connectivity index (χ0v) is 21.1. The van der Waals surface area contributed by atoms with Crippen molar-refractivity contribution >= 4 is 34.2 Å². The summed E-state index contributed by atoms with van der Waals surface area (Å²) in [6.07, 6.45) is -3.53. The number of ether oxygens (including phenoxy) is 3. The van der Waals surface area contributed by atoms with Gasteiger partial charge in [-0.15, -0.1) is 0 Å². The standard InChI is InChI=1S/C27H25NO9S/c1-38(32,33)37-23(18-34-25(29)19-11-5-2-6-12-19)24(36-27(31)21-15-9-4-10-16-21)22(17-28)35-26(30)20-13-7-3-8-14-20/h2-17,22-24,28H,18H2,1H3/t22-,23+,24-/m0/s1. The minimum absolute atomic E-state index is 0.106. The predicted molar refractivity (Wildman–Crippen MR) is 137 cm³/mol. The number of esters is 3. The SMILES string of the molecule is CS(=O)(=O)O[C@H](COC(=O)c1ccccc1)[C@@H](OC(=O)c1ccccc1)[C@H](C=N)OC(=O)c1ccccc1. The molecule has 0 fully saturated rings. The molecule has 0 aliphatic carbocycles. The van der Waals surface area contributed by atoms with Gasteiger partial charge >= 0.3 is 17.9 Å². The van der Waals surface area contributed by atoms with Gasteiger partial charge in [-0.1, -0.05) is 54.6 Å². The molecule has 38 heavy (non-hydrogen) atoms. The van der Waals surface area contributed by atoms with Crippen molar-refractivity contribution in [3.63, 3.8) is 0 Å². The monoisotopic (exact) mass is 539 g/mol. The Morgan fingerprint density at radius 1 is 0.737 bits per heavy atom. The van der Waals surface area contributed by atoms with E-state index >= 15 is 0 Å². The van der Waals surface area contributed by atoms with E-state index in [4.69, 9.17) is 23.8 Å². The highest BCUT2D eigenvalue weighted by molar-refractivity contribution is 7.86. The highest BCUT2D eigenvalue weighted by Crippen LogP contribution is 2.19. The number of hydrogen-bond acceptors (Lipinski definition) is 10. The lowest BCUT2D eigenvalue weighted by atomic mass is 10.1. The van der Waals surface area contributed by atoms with Gasteiger partial charge in [0, 0.05) is 6.21 Å². The first-order valence-electron chi connectivity index (χ1n) is 11.3. The molecule has 0 saturated carbocycles. The van der Waals surface area contributed by atoms with E-state index in [1.54, 1.807) is 54.6 Å². The summed E-state index contributed by atoms with van der Waals surface area (Å²) in [6.45, 7) is -0.708.